The van der Waals surface area contributed by atoms with E-state index in [4.69, 9.17) is 16.3 Å². The van der Waals surface area contributed by atoms with E-state index in [9.17, 15) is 9.59 Å². The van der Waals surface area contributed by atoms with Gasteiger partial charge in [0.15, 0.2) is 0 Å². The van der Waals surface area contributed by atoms with E-state index in [0.717, 1.165) is 34.3 Å². The molecule has 1 heterocycles. The molecule has 27 heavy (non-hydrogen) atoms. The van der Waals surface area contributed by atoms with Gasteiger partial charge in [-0.05, 0) is 67.1 Å². The van der Waals surface area contributed by atoms with Crippen LogP contribution in [-0.4, -0.2) is 29.3 Å². The molecule has 1 aliphatic heterocycles. The van der Waals surface area contributed by atoms with Crippen molar-refractivity contribution in [2.45, 2.75) is 13.8 Å². The largest absolute Gasteiger partial charge is 0.494 e. The van der Waals surface area contributed by atoms with Crippen molar-refractivity contribution >= 4 is 46.3 Å². The fraction of sp³-hybridized carbons (Fsp3) is 0.200. The molecule has 0 radical (unpaired) electrons. The molecule has 0 aromatic heterocycles. The predicted octanol–water partition coefficient (Wildman–Crippen LogP) is 5.15. The number of anilines is 1. The summed E-state index contributed by atoms with van der Waals surface area (Å²) in [5.74, 6) is 0.454. The van der Waals surface area contributed by atoms with Gasteiger partial charge in [0, 0.05) is 10.7 Å². The summed E-state index contributed by atoms with van der Waals surface area (Å²) in [4.78, 5) is 26.4. The second kappa shape index (κ2) is 8.50. The molecule has 0 spiro atoms. The Hall–Kier alpha value is -2.44. The van der Waals surface area contributed by atoms with Gasteiger partial charge in [-0.2, -0.15) is 0 Å². The van der Waals surface area contributed by atoms with Crippen molar-refractivity contribution < 1.29 is 14.3 Å². The number of carbonyl (C=O) groups is 2. The van der Waals surface area contributed by atoms with Crippen molar-refractivity contribution in [2.75, 3.05) is 18.6 Å². The highest BCUT2D eigenvalue weighted by molar-refractivity contribution is 8.18. The van der Waals surface area contributed by atoms with Crippen LogP contribution < -0.4 is 10.1 Å². The molecule has 1 N–H and O–H groups in total. The fourth-order valence-electron chi connectivity index (χ4n) is 2.58. The summed E-state index contributed by atoms with van der Waals surface area (Å²) in [6.45, 7) is 4.48. The molecule has 2 aromatic rings. The Kier molecular flexibility index (Phi) is 6.08. The first-order valence-electron chi connectivity index (χ1n) is 8.47. The second-order valence-corrected chi connectivity index (χ2v) is 7.26. The standard InChI is InChI=1S/C20H19ClN2O3S/c1-3-26-15-9-7-14(8-10-15)11-18-19(24)23(20(25)27-18)12-22-17-6-4-5-16(21)13(17)2/h4-11,22H,3,12H2,1-2H3/b18-11+. The number of nitrogens with one attached hydrogen (secondary N) is 1. The van der Waals surface area contributed by atoms with Gasteiger partial charge in [-0.15, -0.1) is 0 Å². The highest BCUT2D eigenvalue weighted by atomic mass is 35.5. The molecule has 0 atom stereocenters. The SMILES string of the molecule is CCOc1ccc(/C=C2/SC(=O)N(CNc3cccc(Cl)c3C)C2=O)cc1. The van der Waals surface area contributed by atoms with E-state index in [1.165, 1.54) is 4.90 Å². The van der Waals surface area contributed by atoms with Crippen LogP contribution >= 0.6 is 23.4 Å². The Bertz CT molecular complexity index is 897. The summed E-state index contributed by atoms with van der Waals surface area (Å²) in [6, 6.07) is 12.8. The van der Waals surface area contributed by atoms with Crippen molar-refractivity contribution in [1.82, 2.24) is 4.90 Å². The summed E-state index contributed by atoms with van der Waals surface area (Å²) in [5.41, 5.74) is 2.50. The first-order valence-corrected chi connectivity index (χ1v) is 9.66. The van der Waals surface area contributed by atoms with Gasteiger partial charge in [-0.1, -0.05) is 29.8 Å². The van der Waals surface area contributed by atoms with Crippen LogP contribution in [0.1, 0.15) is 18.1 Å². The summed E-state index contributed by atoms with van der Waals surface area (Å²) in [6.07, 6.45) is 1.71. The van der Waals surface area contributed by atoms with Gasteiger partial charge < -0.3 is 10.1 Å². The number of carbonyl (C=O) groups excluding carboxylic acids is 2. The van der Waals surface area contributed by atoms with Gasteiger partial charge in [0.25, 0.3) is 11.1 Å². The molecule has 0 unspecified atom stereocenters. The summed E-state index contributed by atoms with van der Waals surface area (Å²) in [5, 5.41) is 3.43. The van der Waals surface area contributed by atoms with Crippen LogP contribution in [0.5, 0.6) is 5.75 Å². The highest BCUT2D eigenvalue weighted by Gasteiger charge is 2.34. The molecule has 7 heteroatoms. The van der Waals surface area contributed by atoms with Crippen LogP contribution in [-0.2, 0) is 4.79 Å². The Labute approximate surface area is 167 Å². The third-order valence-corrected chi connectivity index (χ3v) is 5.37. The molecular formula is C20H19ClN2O3S. The van der Waals surface area contributed by atoms with Gasteiger partial charge in [0.05, 0.1) is 18.2 Å². The highest BCUT2D eigenvalue weighted by Crippen LogP contribution is 2.32. The minimum Gasteiger partial charge on any atom is -0.494 e. The van der Waals surface area contributed by atoms with Gasteiger partial charge >= 0.3 is 0 Å². The predicted molar refractivity (Wildman–Crippen MR) is 110 cm³/mol. The summed E-state index contributed by atoms with van der Waals surface area (Å²) < 4.78 is 5.41. The zero-order valence-corrected chi connectivity index (χ0v) is 16.6. The number of thioether (sulfide) groups is 1. The number of benzene rings is 2. The van der Waals surface area contributed by atoms with E-state index in [1.54, 1.807) is 12.1 Å². The summed E-state index contributed by atoms with van der Waals surface area (Å²) in [7, 11) is 0. The Balaban J connectivity index is 1.70. The fourth-order valence-corrected chi connectivity index (χ4v) is 3.59. The quantitative estimate of drug-likeness (QED) is 0.677. The molecule has 140 valence electrons. The smallest absolute Gasteiger partial charge is 0.295 e. The minimum atomic E-state index is -0.314. The number of nitrogens with zero attached hydrogens (tertiary/aromatic N) is 1. The molecule has 5 nitrogen and oxygen atoms in total. The number of rotatable bonds is 6. The maximum absolute atomic E-state index is 12.6. The van der Waals surface area contributed by atoms with Crippen LogP contribution in [0.3, 0.4) is 0 Å². The Morgan fingerprint density at radius 3 is 2.63 bits per heavy atom. The average Bonchev–Trinajstić information content (AvgIpc) is 2.91. The Morgan fingerprint density at radius 2 is 1.93 bits per heavy atom. The Morgan fingerprint density at radius 1 is 1.19 bits per heavy atom. The monoisotopic (exact) mass is 402 g/mol. The minimum absolute atomic E-state index is 0.0897. The number of hydrogen-bond donors (Lipinski definition) is 1. The molecular weight excluding hydrogens is 384 g/mol. The lowest BCUT2D eigenvalue weighted by Gasteiger charge is -2.16. The van der Waals surface area contributed by atoms with E-state index in [1.807, 2.05) is 50.2 Å². The number of hydrogen-bond acceptors (Lipinski definition) is 5. The number of amides is 2. The van der Waals surface area contributed by atoms with E-state index < -0.39 is 0 Å². The molecule has 1 fully saturated rings. The molecule has 3 rings (SSSR count). The van der Waals surface area contributed by atoms with Crippen molar-refractivity contribution in [3.8, 4) is 5.75 Å². The van der Waals surface area contributed by atoms with Crippen LogP contribution in [0.4, 0.5) is 10.5 Å². The van der Waals surface area contributed by atoms with E-state index >= 15 is 0 Å². The second-order valence-electron chi connectivity index (χ2n) is 5.86. The molecule has 1 saturated heterocycles. The third-order valence-electron chi connectivity index (χ3n) is 4.06. The van der Waals surface area contributed by atoms with Crippen LogP contribution in [0.15, 0.2) is 47.4 Å². The van der Waals surface area contributed by atoms with Crippen LogP contribution in [0.2, 0.25) is 5.02 Å². The molecule has 0 bridgehead atoms. The lowest BCUT2D eigenvalue weighted by atomic mass is 10.2. The van der Waals surface area contributed by atoms with Crippen molar-refractivity contribution in [2.24, 2.45) is 0 Å². The van der Waals surface area contributed by atoms with Crippen LogP contribution in [0.25, 0.3) is 6.08 Å². The molecule has 0 saturated carbocycles. The maximum atomic E-state index is 12.6. The molecule has 2 aromatic carbocycles. The average molecular weight is 403 g/mol. The lowest BCUT2D eigenvalue weighted by molar-refractivity contribution is -0.122. The number of halogens is 1. The first-order chi connectivity index (χ1) is 13.0. The van der Waals surface area contributed by atoms with Gasteiger partial charge in [-0.25, -0.2) is 0 Å². The van der Waals surface area contributed by atoms with Crippen LogP contribution in [0, 0.1) is 6.92 Å². The number of ether oxygens (including phenoxy) is 1. The van der Waals surface area contributed by atoms with Crippen molar-refractivity contribution in [3.63, 3.8) is 0 Å². The number of imide groups is 1. The lowest BCUT2D eigenvalue weighted by Crippen LogP contribution is -2.33. The van der Waals surface area contributed by atoms with Gasteiger partial charge in [-0.3, -0.25) is 14.5 Å². The molecule has 2 amide bonds. The van der Waals surface area contributed by atoms with Crippen molar-refractivity contribution in [3.05, 3.63) is 63.5 Å². The first kappa shape index (κ1) is 19.3. The molecule has 0 aliphatic carbocycles. The third kappa shape index (κ3) is 4.46. The molecule has 1 aliphatic rings. The van der Waals surface area contributed by atoms with Gasteiger partial charge in [0.1, 0.15) is 5.75 Å². The van der Waals surface area contributed by atoms with E-state index in [0.29, 0.717) is 16.5 Å². The maximum Gasteiger partial charge on any atom is 0.295 e. The summed E-state index contributed by atoms with van der Waals surface area (Å²) >= 11 is 7.04. The zero-order valence-electron chi connectivity index (χ0n) is 15.0. The van der Waals surface area contributed by atoms with E-state index in [-0.39, 0.29) is 17.8 Å². The zero-order chi connectivity index (χ0) is 19.4. The van der Waals surface area contributed by atoms with Gasteiger partial charge in [0.2, 0.25) is 0 Å². The topological polar surface area (TPSA) is 58.6 Å². The normalized spacial score (nSPS) is 15.5. The van der Waals surface area contributed by atoms with E-state index in [2.05, 4.69) is 5.32 Å². The van der Waals surface area contributed by atoms with Crippen molar-refractivity contribution in [1.29, 1.82) is 0 Å².